The summed E-state index contributed by atoms with van der Waals surface area (Å²) in [6, 6.07) is 5.93. The number of rotatable bonds is 8. The third-order valence-electron chi connectivity index (χ3n) is 3.10. The Morgan fingerprint density at radius 2 is 1.79 bits per heavy atom. The lowest BCUT2D eigenvalue weighted by molar-refractivity contribution is 0.392. The van der Waals surface area contributed by atoms with Gasteiger partial charge >= 0.3 is 0 Å². The largest absolute Gasteiger partial charge is 0.497 e. The summed E-state index contributed by atoms with van der Waals surface area (Å²) in [6.45, 7) is 4.42. The first kappa shape index (κ1) is 16.1. The molecule has 2 atom stereocenters. The van der Waals surface area contributed by atoms with Gasteiger partial charge in [0.15, 0.2) is 0 Å². The maximum atomic E-state index is 5.67. The van der Waals surface area contributed by atoms with Crippen molar-refractivity contribution in [1.29, 1.82) is 0 Å². The first-order valence-electron chi connectivity index (χ1n) is 6.45. The lowest BCUT2D eigenvalue weighted by atomic mass is 10.1. The maximum absolute atomic E-state index is 5.67. The van der Waals surface area contributed by atoms with Gasteiger partial charge in [0.1, 0.15) is 11.5 Å². The highest BCUT2D eigenvalue weighted by atomic mass is 32.2. The molecule has 2 unspecified atom stereocenters. The molecule has 0 saturated carbocycles. The van der Waals surface area contributed by atoms with E-state index < -0.39 is 0 Å². The van der Waals surface area contributed by atoms with Crippen molar-refractivity contribution in [1.82, 2.24) is 5.43 Å². The number of hydrogen-bond acceptors (Lipinski definition) is 5. The van der Waals surface area contributed by atoms with Crippen LogP contribution in [0.25, 0.3) is 0 Å². The number of thioether (sulfide) groups is 1. The van der Waals surface area contributed by atoms with Crippen LogP contribution in [0.3, 0.4) is 0 Å². The Balaban J connectivity index is 2.84. The predicted octanol–water partition coefficient (Wildman–Crippen LogP) is 2.74. The molecular formula is C14H24N2O2S. The first-order chi connectivity index (χ1) is 9.14. The van der Waals surface area contributed by atoms with Crippen LogP contribution < -0.4 is 20.7 Å². The fraction of sp³-hybridized carbons (Fsp3) is 0.571. The van der Waals surface area contributed by atoms with Crippen LogP contribution >= 0.6 is 11.8 Å². The molecule has 1 rings (SSSR count). The lowest BCUT2D eigenvalue weighted by Crippen LogP contribution is -2.30. The molecule has 0 aliphatic carbocycles. The van der Waals surface area contributed by atoms with E-state index in [1.54, 1.807) is 14.2 Å². The molecule has 0 spiro atoms. The normalized spacial score (nSPS) is 13.9. The average molecular weight is 284 g/mol. The zero-order valence-corrected chi connectivity index (χ0v) is 12.9. The van der Waals surface area contributed by atoms with Gasteiger partial charge in [0, 0.05) is 17.1 Å². The standard InChI is InChI=1S/C14H24N2O2S/c1-5-10(2)19-9-14(16-15)11-6-12(17-3)8-13(7-11)18-4/h6-8,10,14,16H,5,9,15H2,1-4H3. The van der Waals surface area contributed by atoms with E-state index in [2.05, 4.69) is 19.3 Å². The van der Waals surface area contributed by atoms with Crippen LogP contribution in [0.4, 0.5) is 0 Å². The Morgan fingerprint density at radius 3 is 2.21 bits per heavy atom. The van der Waals surface area contributed by atoms with Gasteiger partial charge in [-0.25, -0.2) is 0 Å². The van der Waals surface area contributed by atoms with Crippen molar-refractivity contribution in [3.8, 4) is 11.5 Å². The molecule has 0 aliphatic rings. The van der Waals surface area contributed by atoms with Crippen LogP contribution in [0, 0.1) is 0 Å². The second-order valence-electron chi connectivity index (χ2n) is 4.42. The van der Waals surface area contributed by atoms with Crippen LogP contribution in [0.1, 0.15) is 31.9 Å². The van der Waals surface area contributed by atoms with Gasteiger partial charge in [0.05, 0.1) is 20.3 Å². The molecule has 0 fully saturated rings. The summed E-state index contributed by atoms with van der Waals surface area (Å²) < 4.78 is 10.6. The highest BCUT2D eigenvalue weighted by Crippen LogP contribution is 2.29. The Hall–Kier alpha value is -0.910. The molecule has 19 heavy (non-hydrogen) atoms. The fourth-order valence-electron chi connectivity index (χ4n) is 1.65. The van der Waals surface area contributed by atoms with E-state index >= 15 is 0 Å². The molecule has 0 aromatic heterocycles. The molecule has 3 N–H and O–H groups in total. The van der Waals surface area contributed by atoms with Gasteiger partial charge in [-0.2, -0.15) is 11.8 Å². The quantitative estimate of drug-likeness (QED) is 0.568. The molecule has 0 radical (unpaired) electrons. The summed E-state index contributed by atoms with van der Waals surface area (Å²) in [5, 5.41) is 0.628. The van der Waals surface area contributed by atoms with Crippen molar-refractivity contribution >= 4 is 11.8 Å². The van der Waals surface area contributed by atoms with Crippen LogP contribution in [0.2, 0.25) is 0 Å². The Morgan fingerprint density at radius 1 is 1.21 bits per heavy atom. The molecule has 0 heterocycles. The molecule has 0 bridgehead atoms. The lowest BCUT2D eigenvalue weighted by Gasteiger charge is -2.19. The summed E-state index contributed by atoms with van der Waals surface area (Å²) in [5.41, 5.74) is 3.95. The Kier molecular flexibility index (Phi) is 7.05. The predicted molar refractivity (Wildman–Crippen MR) is 81.8 cm³/mol. The topological polar surface area (TPSA) is 56.5 Å². The summed E-state index contributed by atoms with van der Waals surface area (Å²) in [4.78, 5) is 0. The molecule has 0 aliphatic heterocycles. The Bertz CT molecular complexity index is 365. The molecule has 1 aromatic rings. The number of benzene rings is 1. The summed E-state index contributed by atoms with van der Waals surface area (Å²) >= 11 is 1.91. The zero-order valence-electron chi connectivity index (χ0n) is 12.1. The van der Waals surface area contributed by atoms with E-state index in [0.717, 1.165) is 29.2 Å². The first-order valence-corrected chi connectivity index (χ1v) is 7.50. The second-order valence-corrected chi connectivity index (χ2v) is 5.89. The van der Waals surface area contributed by atoms with Gasteiger partial charge in [-0.3, -0.25) is 11.3 Å². The highest BCUT2D eigenvalue weighted by molar-refractivity contribution is 7.99. The summed E-state index contributed by atoms with van der Waals surface area (Å²) in [7, 11) is 3.30. The van der Waals surface area contributed by atoms with E-state index in [4.69, 9.17) is 15.3 Å². The van der Waals surface area contributed by atoms with Crippen molar-refractivity contribution in [3.63, 3.8) is 0 Å². The molecule has 5 heteroatoms. The van der Waals surface area contributed by atoms with Crippen molar-refractivity contribution in [2.75, 3.05) is 20.0 Å². The highest BCUT2D eigenvalue weighted by Gasteiger charge is 2.14. The van der Waals surface area contributed by atoms with Crippen molar-refractivity contribution in [2.45, 2.75) is 31.6 Å². The summed E-state index contributed by atoms with van der Waals surface area (Å²) in [6.07, 6.45) is 1.16. The van der Waals surface area contributed by atoms with E-state index in [1.165, 1.54) is 0 Å². The molecular weight excluding hydrogens is 260 g/mol. The number of hydrogen-bond donors (Lipinski definition) is 2. The van der Waals surface area contributed by atoms with Gasteiger partial charge in [-0.1, -0.05) is 13.8 Å². The number of ether oxygens (including phenoxy) is 2. The van der Waals surface area contributed by atoms with E-state index in [0.29, 0.717) is 5.25 Å². The number of nitrogens with two attached hydrogens (primary N) is 1. The molecule has 0 amide bonds. The van der Waals surface area contributed by atoms with Gasteiger partial charge in [0.2, 0.25) is 0 Å². The van der Waals surface area contributed by atoms with Gasteiger partial charge < -0.3 is 9.47 Å². The minimum absolute atomic E-state index is 0.0861. The van der Waals surface area contributed by atoms with Crippen LogP contribution in [-0.4, -0.2) is 25.2 Å². The summed E-state index contributed by atoms with van der Waals surface area (Å²) in [5.74, 6) is 8.15. The van der Waals surface area contributed by atoms with Gasteiger partial charge in [-0.15, -0.1) is 0 Å². The van der Waals surface area contributed by atoms with Crippen LogP contribution in [0.15, 0.2) is 18.2 Å². The molecule has 0 saturated heterocycles. The number of hydrazine groups is 1. The minimum atomic E-state index is 0.0861. The van der Waals surface area contributed by atoms with Crippen LogP contribution in [0.5, 0.6) is 11.5 Å². The fourth-order valence-corrected chi connectivity index (χ4v) is 2.69. The third kappa shape index (κ3) is 4.93. The minimum Gasteiger partial charge on any atom is -0.497 e. The van der Waals surface area contributed by atoms with E-state index in [1.807, 2.05) is 30.0 Å². The molecule has 4 nitrogen and oxygen atoms in total. The SMILES string of the molecule is CCC(C)SCC(NN)c1cc(OC)cc(OC)c1. The third-order valence-corrected chi connectivity index (χ3v) is 4.53. The maximum Gasteiger partial charge on any atom is 0.122 e. The number of nitrogens with one attached hydrogen (secondary N) is 1. The van der Waals surface area contributed by atoms with E-state index in [9.17, 15) is 0 Å². The monoisotopic (exact) mass is 284 g/mol. The number of methoxy groups -OCH3 is 2. The van der Waals surface area contributed by atoms with Gasteiger partial charge in [-0.05, 0) is 24.1 Å². The van der Waals surface area contributed by atoms with Crippen molar-refractivity contribution in [2.24, 2.45) is 5.84 Å². The van der Waals surface area contributed by atoms with Crippen molar-refractivity contribution < 1.29 is 9.47 Å². The molecule has 108 valence electrons. The average Bonchev–Trinajstić information content (AvgIpc) is 2.46. The van der Waals surface area contributed by atoms with Crippen molar-refractivity contribution in [3.05, 3.63) is 23.8 Å². The van der Waals surface area contributed by atoms with Gasteiger partial charge in [0.25, 0.3) is 0 Å². The van der Waals surface area contributed by atoms with E-state index in [-0.39, 0.29) is 6.04 Å². The Labute approximate surface area is 120 Å². The molecule has 1 aromatic carbocycles. The van der Waals surface area contributed by atoms with Crippen LogP contribution in [-0.2, 0) is 0 Å². The zero-order chi connectivity index (χ0) is 14.3. The second kappa shape index (κ2) is 8.30. The smallest absolute Gasteiger partial charge is 0.122 e.